The number of piperidine rings is 1. The highest BCUT2D eigenvalue weighted by molar-refractivity contribution is 7.91. The molecule has 1 saturated heterocycles. The third kappa shape index (κ3) is 5.62. The molecule has 3 heterocycles. The second-order valence-corrected chi connectivity index (χ2v) is 14.6. The minimum atomic E-state index is -4.35. The fourth-order valence-corrected chi connectivity index (χ4v) is 8.75. The fraction of sp³-hybridized carbons (Fsp3) is 0.458. The number of benzene rings is 1. The normalized spacial score (nSPS) is 24.8. The lowest BCUT2D eigenvalue weighted by Crippen LogP contribution is -2.59. The highest BCUT2D eigenvalue weighted by Gasteiger charge is 2.51. The van der Waals surface area contributed by atoms with E-state index < -0.39 is 49.6 Å². The first-order valence-corrected chi connectivity index (χ1v) is 16.9. The number of halogens is 2. The average Bonchev–Trinajstić information content (AvgIpc) is 3.10. The van der Waals surface area contributed by atoms with Gasteiger partial charge in [0.05, 0.1) is 6.26 Å². The van der Waals surface area contributed by atoms with Crippen LogP contribution in [0.5, 0.6) is 0 Å². The minimum absolute atomic E-state index is 0.0362. The fourth-order valence-electron chi connectivity index (χ4n) is 5.46. The number of carbonyl (C=O) groups excluding carboxylic acids is 2. The van der Waals surface area contributed by atoms with Crippen LogP contribution in [0.1, 0.15) is 43.2 Å². The van der Waals surface area contributed by atoms with Gasteiger partial charge >= 0.3 is 0 Å². The van der Waals surface area contributed by atoms with E-state index in [1.807, 2.05) is 0 Å². The van der Waals surface area contributed by atoms with Gasteiger partial charge in [-0.15, -0.1) is 15.7 Å². The number of nitrogens with zero attached hydrogens (tertiary/aromatic N) is 2. The average molecular weight is 617 g/mol. The van der Waals surface area contributed by atoms with Gasteiger partial charge in [-0.05, 0) is 35.9 Å². The van der Waals surface area contributed by atoms with Gasteiger partial charge in [0.2, 0.25) is 15.9 Å². The molecule has 2 N–H and O–H groups in total. The van der Waals surface area contributed by atoms with Crippen molar-refractivity contribution in [2.45, 2.75) is 56.1 Å². The molecule has 2 aliphatic heterocycles. The van der Waals surface area contributed by atoms with Crippen molar-refractivity contribution in [3.8, 4) is 0 Å². The van der Waals surface area contributed by atoms with Gasteiger partial charge in [-0.2, -0.15) is 8.42 Å². The van der Waals surface area contributed by atoms with Crippen molar-refractivity contribution >= 4 is 65.5 Å². The molecule has 2 fully saturated rings. The molecule has 1 amide bonds. The smallest absolute Gasteiger partial charge is 0.287 e. The number of sulfonamides is 2. The summed E-state index contributed by atoms with van der Waals surface area (Å²) < 4.78 is 69.3. The van der Waals surface area contributed by atoms with E-state index in [4.69, 9.17) is 11.6 Å². The number of carbonyl (C=O) groups is 2. The molecule has 5 rings (SSSR count). The Morgan fingerprint density at radius 2 is 1.95 bits per heavy atom. The van der Waals surface area contributed by atoms with E-state index in [0.29, 0.717) is 18.4 Å². The second kappa shape index (κ2) is 10.5. The molecule has 3 aliphatic rings. The van der Waals surface area contributed by atoms with Crippen molar-refractivity contribution < 1.29 is 30.8 Å². The van der Waals surface area contributed by atoms with Crippen LogP contribution in [-0.2, 0) is 42.7 Å². The van der Waals surface area contributed by atoms with Crippen LogP contribution in [0.15, 0.2) is 32.9 Å². The topological polar surface area (TPSA) is 142 Å². The first kappa shape index (κ1) is 28.1. The van der Waals surface area contributed by atoms with Crippen LogP contribution in [-0.4, -0.2) is 51.6 Å². The summed E-state index contributed by atoms with van der Waals surface area (Å²) in [6, 6.07) is 3.51. The first-order valence-electron chi connectivity index (χ1n) is 12.3. The largest absolute Gasteiger partial charge is 0.334 e. The number of Topliss-reactive ketones (excluding diaryl/α,β-unsaturated/α-hetero) is 1. The molecule has 0 spiro atoms. The van der Waals surface area contributed by atoms with Crippen LogP contribution in [0.3, 0.4) is 0 Å². The Morgan fingerprint density at radius 1 is 1.21 bits per heavy atom. The quantitative estimate of drug-likeness (QED) is 0.474. The van der Waals surface area contributed by atoms with Gasteiger partial charge in [0.1, 0.15) is 21.5 Å². The van der Waals surface area contributed by atoms with Crippen molar-refractivity contribution in [2.75, 3.05) is 11.6 Å². The monoisotopic (exact) mass is 616 g/mol. The molecule has 1 saturated carbocycles. The molecule has 0 bridgehead atoms. The molecule has 15 heteroatoms. The Labute approximate surface area is 234 Å². The molecule has 1 aromatic carbocycles. The van der Waals surface area contributed by atoms with Gasteiger partial charge in [-0.1, -0.05) is 36.9 Å². The molecule has 1 aliphatic carbocycles. The van der Waals surface area contributed by atoms with Crippen LogP contribution in [0, 0.1) is 17.7 Å². The zero-order chi connectivity index (χ0) is 28.1. The highest BCUT2D eigenvalue weighted by Crippen LogP contribution is 2.41. The lowest BCUT2D eigenvalue weighted by atomic mass is 9.77. The summed E-state index contributed by atoms with van der Waals surface area (Å²) in [5.41, 5.74) is 0.714. The van der Waals surface area contributed by atoms with E-state index in [-0.39, 0.29) is 45.2 Å². The van der Waals surface area contributed by atoms with Crippen molar-refractivity contribution in [3.63, 3.8) is 0 Å². The number of hydrogen-bond donors (Lipinski definition) is 2. The van der Waals surface area contributed by atoms with Gasteiger partial charge < -0.3 is 10.2 Å². The number of fused-ring (bicyclic) bond motifs is 2. The molecule has 3 atom stereocenters. The molecule has 210 valence electrons. The number of anilines is 1. The molecule has 39 heavy (non-hydrogen) atoms. The highest BCUT2D eigenvalue weighted by atomic mass is 35.5. The Morgan fingerprint density at radius 3 is 2.67 bits per heavy atom. The Kier molecular flexibility index (Phi) is 7.61. The molecular formula is C24H26ClFN4O6S3. The van der Waals surface area contributed by atoms with Crippen molar-refractivity contribution in [3.05, 3.63) is 45.5 Å². The zero-order valence-corrected chi connectivity index (χ0v) is 24.0. The Hall–Kier alpha value is -2.39. The molecule has 1 unspecified atom stereocenters. The van der Waals surface area contributed by atoms with E-state index in [1.165, 1.54) is 17.5 Å². The Bertz CT molecular complexity index is 1590. The number of thiophene rings is 1. The van der Waals surface area contributed by atoms with E-state index in [2.05, 4.69) is 14.4 Å². The predicted octanol–water partition coefficient (Wildman–Crippen LogP) is 3.28. The summed E-state index contributed by atoms with van der Waals surface area (Å²) in [5, 5.41) is 4.67. The summed E-state index contributed by atoms with van der Waals surface area (Å²) in [6.45, 7) is -0.220. The van der Waals surface area contributed by atoms with E-state index in [0.717, 1.165) is 42.9 Å². The van der Waals surface area contributed by atoms with Crippen LogP contribution in [0.25, 0.3) is 0 Å². The van der Waals surface area contributed by atoms with E-state index in [1.54, 1.807) is 4.90 Å². The zero-order valence-electron chi connectivity index (χ0n) is 20.8. The van der Waals surface area contributed by atoms with Crippen LogP contribution in [0.2, 0.25) is 5.02 Å². The number of likely N-dealkylation sites (tertiary alicyclic amines) is 1. The summed E-state index contributed by atoms with van der Waals surface area (Å²) in [4.78, 5) is 29.1. The maximum Gasteiger partial charge on any atom is 0.287 e. The predicted molar refractivity (Wildman–Crippen MR) is 145 cm³/mol. The van der Waals surface area contributed by atoms with Crippen molar-refractivity contribution in [1.29, 1.82) is 0 Å². The summed E-state index contributed by atoms with van der Waals surface area (Å²) in [7, 11) is -7.93. The van der Waals surface area contributed by atoms with Gasteiger partial charge in [-0.3, -0.25) is 9.59 Å². The van der Waals surface area contributed by atoms with Crippen LogP contribution >= 0.6 is 22.9 Å². The SMILES string of the molecule is CS(=O)(=O)NCc1csc2c1S(=O)(=O)N=C(C1C(=O)[C@@H]3CCCCC[C@@H]3N(Cc3ccc(F)cc3Cl)C1=O)N2. The third-order valence-electron chi connectivity index (χ3n) is 7.25. The number of nitrogens with one attached hydrogen (secondary N) is 2. The van der Waals surface area contributed by atoms with E-state index >= 15 is 0 Å². The van der Waals surface area contributed by atoms with Gasteiger partial charge in [-0.25, -0.2) is 17.5 Å². The Balaban J connectivity index is 1.51. The summed E-state index contributed by atoms with van der Waals surface area (Å²) in [5.74, 6) is -3.75. The number of ketones is 1. The number of rotatable bonds is 6. The second-order valence-electron chi connectivity index (χ2n) is 9.94. The summed E-state index contributed by atoms with van der Waals surface area (Å²) in [6.07, 6.45) is 4.64. The molecular weight excluding hydrogens is 591 g/mol. The molecule has 2 aromatic rings. The standard InChI is InChI=1S/C24H26ClFN4O6S3/c1-38(33,34)27-10-14-12-37-23-21(14)39(35,36)29-22(28-23)19-20(31)16-5-3-2-4-6-18(16)30(24(19)32)11-13-7-8-15(26)9-17(13)25/h7-9,12,16,18-19,27H,2-6,10-11H2,1H3,(H,28,29)/t16-,18+,19?/m1/s1. The lowest BCUT2D eigenvalue weighted by molar-refractivity contribution is -0.151. The van der Waals surface area contributed by atoms with Crippen LogP contribution < -0.4 is 10.0 Å². The minimum Gasteiger partial charge on any atom is -0.334 e. The van der Waals surface area contributed by atoms with E-state index in [9.17, 15) is 30.8 Å². The molecule has 1 aromatic heterocycles. The molecule has 0 radical (unpaired) electrons. The van der Waals surface area contributed by atoms with Gasteiger partial charge in [0.25, 0.3) is 10.0 Å². The lowest BCUT2D eigenvalue weighted by Gasteiger charge is -2.43. The third-order valence-corrected chi connectivity index (χ3v) is 10.8. The van der Waals surface area contributed by atoms with Crippen LogP contribution in [0.4, 0.5) is 9.39 Å². The van der Waals surface area contributed by atoms with Crippen molar-refractivity contribution in [1.82, 2.24) is 9.62 Å². The van der Waals surface area contributed by atoms with Gasteiger partial charge in [0.15, 0.2) is 11.7 Å². The number of hydrogen-bond acceptors (Lipinski definition) is 8. The maximum atomic E-state index is 13.9. The van der Waals surface area contributed by atoms with Gasteiger partial charge in [0, 0.05) is 35.6 Å². The number of amidine groups is 1. The first-order chi connectivity index (χ1) is 18.4. The number of amides is 1. The maximum absolute atomic E-state index is 13.9. The molecule has 10 nitrogen and oxygen atoms in total. The van der Waals surface area contributed by atoms with Crippen molar-refractivity contribution in [2.24, 2.45) is 16.2 Å². The summed E-state index contributed by atoms with van der Waals surface area (Å²) >= 11 is 7.28.